The minimum absolute atomic E-state index is 0.0475. The van der Waals surface area contributed by atoms with Gasteiger partial charge in [-0.15, -0.1) is 10.2 Å². The third-order valence-corrected chi connectivity index (χ3v) is 8.36. The van der Waals surface area contributed by atoms with Crippen LogP contribution in [0, 0.1) is 0 Å². The molecule has 41 heavy (non-hydrogen) atoms. The number of aliphatic hydroxyl groups excluding tert-OH is 1. The van der Waals surface area contributed by atoms with Crippen LogP contribution in [0.3, 0.4) is 0 Å². The van der Waals surface area contributed by atoms with Crippen molar-refractivity contribution in [3.63, 3.8) is 0 Å². The summed E-state index contributed by atoms with van der Waals surface area (Å²) in [4.78, 5) is 28.3. The molecular formula is C31H27N3O5S2. The van der Waals surface area contributed by atoms with Crippen LogP contribution in [0.25, 0.3) is 5.76 Å². The van der Waals surface area contributed by atoms with E-state index in [0.29, 0.717) is 39.3 Å². The Morgan fingerprint density at radius 2 is 1.80 bits per heavy atom. The topological polar surface area (TPSA) is 102 Å². The highest BCUT2D eigenvalue weighted by molar-refractivity contribution is 8.00. The zero-order chi connectivity index (χ0) is 28.8. The lowest BCUT2D eigenvalue weighted by Crippen LogP contribution is -2.29. The van der Waals surface area contributed by atoms with Gasteiger partial charge < -0.3 is 14.6 Å². The normalized spacial score (nSPS) is 16.1. The fraction of sp³-hybridized carbons (Fsp3) is 0.161. The number of rotatable bonds is 11. The zero-order valence-corrected chi connectivity index (χ0v) is 23.9. The summed E-state index contributed by atoms with van der Waals surface area (Å²) >= 11 is 2.71. The standard InChI is InChI=1S/C31H27N3O5S2/c1-3-17-39-24-12-8-11-22(18-24)26-25(27(35)21-13-15-23(16-14-21)38-4-2)28(36)29(37)34(26)30-32-33-31(41-30)40-19-20-9-6-5-7-10-20/h3,5-16,18,26,35H,1,4,17,19H2,2H3/b27-25+. The van der Waals surface area contributed by atoms with Gasteiger partial charge in [0.1, 0.15) is 23.9 Å². The first-order chi connectivity index (χ1) is 20.0. The van der Waals surface area contributed by atoms with Crippen LogP contribution in [-0.2, 0) is 15.3 Å². The van der Waals surface area contributed by atoms with Crippen LogP contribution >= 0.6 is 23.1 Å². The fourth-order valence-corrected chi connectivity index (χ4v) is 6.21. The van der Waals surface area contributed by atoms with E-state index >= 15 is 0 Å². The van der Waals surface area contributed by atoms with Gasteiger partial charge in [-0.2, -0.15) is 0 Å². The Morgan fingerprint density at radius 3 is 2.54 bits per heavy atom. The summed E-state index contributed by atoms with van der Waals surface area (Å²) < 4.78 is 11.9. The van der Waals surface area contributed by atoms with Gasteiger partial charge >= 0.3 is 5.91 Å². The maximum Gasteiger partial charge on any atom is 0.301 e. The van der Waals surface area contributed by atoms with Crippen LogP contribution in [-0.4, -0.2) is 40.2 Å². The van der Waals surface area contributed by atoms with Gasteiger partial charge in [0, 0.05) is 11.3 Å². The molecule has 0 radical (unpaired) electrons. The Bertz CT molecular complexity index is 1580. The van der Waals surface area contributed by atoms with Gasteiger partial charge in [-0.05, 0) is 54.4 Å². The number of carbonyl (C=O) groups excluding carboxylic acids is 2. The SMILES string of the molecule is C=CCOc1cccc(C2/C(=C(\O)c3ccc(OCC)cc3)C(=O)C(=O)N2c2nnc(SCc3ccccc3)s2)c1. The molecule has 2 heterocycles. The van der Waals surface area contributed by atoms with Gasteiger partial charge in [0.15, 0.2) is 4.34 Å². The minimum atomic E-state index is -0.950. The third-order valence-electron chi connectivity index (χ3n) is 6.23. The summed E-state index contributed by atoms with van der Waals surface area (Å²) in [6.07, 6.45) is 1.63. The van der Waals surface area contributed by atoms with Crippen LogP contribution in [0.5, 0.6) is 11.5 Å². The number of thioether (sulfide) groups is 1. The number of hydrogen-bond acceptors (Lipinski definition) is 9. The second kappa shape index (κ2) is 12.8. The quantitative estimate of drug-likeness (QED) is 0.0537. The first kappa shape index (κ1) is 28.1. The lowest BCUT2D eigenvalue weighted by molar-refractivity contribution is -0.132. The van der Waals surface area contributed by atoms with Crippen molar-refractivity contribution in [3.8, 4) is 11.5 Å². The van der Waals surface area contributed by atoms with Crippen molar-refractivity contribution in [1.82, 2.24) is 10.2 Å². The molecule has 208 valence electrons. The Balaban J connectivity index is 1.55. The number of hydrogen-bond donors (Lipinski definition) is 1. The van der Waals surface area contributed by atoms with Crippen molar-refractivity contribution < 1.29 is 24.2 Å². The molecule has 4 aromatic rings. The van der Waals surface area contributed by atoms with E-state index < -0.39 is 17.7 Å². The van der Waals surface area contributed by atoms with Crippen LogP contribution in [0.4, 0.5) is 5.13 Å². The number of carbonyl (C=O) groups is 2. The Kier molecular flexibility index (Phi) is 8.81. The fourth-order valence-electron chi connectivity index (χ4n) is 4.38. The summed E-state index contributed by atoms with van der Waals surface area (Å²) in [6.45, 7) is 6.34. The van der Waals surface area contributed by atoms with Crippen molar-refractivity contribution in [3.05, 3.63) is 114 Å². The predicted octanol–water partition coefficient (Wildman–Crippen LogP) is 6.42. The number of ether oxygens (including phenoxy) is 2. The Labute approximate surface area is 246 Å². The number of amides is 1. The maximum absolute atomic E-state index is 13.5. The molecule has 1 unspecified atom stereocenters. The molecule has 1 atom stereocenters. The number of benzene rings is 3. The summed E-state index contributed by atoms with van der Waals surface area (Å²) in [5.74, 6) is -0.0615. The second-order valence-electron chi connectivity index (χ2n) is 8.92. The summed E-state index contributed by atoms with van der Waals surface area (Å²) in [5.41, 5.74) is 2.04. The van der Waals surface area contributed by atoms with Crippen molar-refractivity contribution in [2.24, 2.45) is 0 Å². The van der Waals surface area contributed by atoms with Crippen molar-refractivity contribution >= 4 is 45.7 Å². The van der Waals surface area contributed by atoms with Gasteiger partial charge in [0.2, 0.25) is 5.13 Å². The number of anilines is 1. The van der Waals surface area contributed by atoms with E-state index in [9.17, 15) is 14.7 Å². The molecule has 8 nitrogen and oxygen atoms in total. The average Bonchev–Trinajstić information content (AvgIpc) is 3.57. The van der Waals surface area contributed by atoms with E-state index in [0.717, 1.165) is 5.56 Å². The molecule has 1 aliphatic heterocycles. The van der Waals surface area contributed by atoms with E-state index in [1.54, 1.807) is 54.6 Å². The van der Waals surface area contributed by atoms with Crippen LogP contribution in [0.2, 0.25) is 0 Å². The maximum atomic E-state index is 13.5. The first-order valence-corrected chi connectivity index (χ1v) is 14.7. The highest BCUT2D eigenvalue weighted by Crippen LogP contribution is 2.44. The highest BCUT2D eigenvalue weighted by atomic mass is 32.2. The number of aliphatic hydroxyl groups is 1. The third kappa shape index (κ3) is 6.18. The monoisotopic (exact) mass is 585 g/mol. The smallest absolute Gasteiger partial charge is 0.301 e. The van der Waals surface area contributed by atoms with E-state index in [4.69, 9.17) is 9.47 Å². The predicted molar refractivity (Wildman–Crippen MR) is 160 cm³/mol. The number of aromatic nitrogens is 2. The van der Waals surface area contributed by atoms with E-state index in [1.807, 2.05) is 37.3 Å². The van der Waals surface area contributed by atoms with Crippen LogP contribution in [0.15, 0.2) is 101 Å². The van der Waals surface area contributed by atoms with Crippen LogP contribution < -0.4 is 14.4 Å². The van der Waals surface area contributed by atoms with Gasteiger partial charge in [-0.3, -0.25) is 14.5 Å². The number of Topliss-reactive ketones (excluding diaryl/α,β-unsaturated/α-hetero) is 1. The van der Waals surface area contributed by atoms with E-state index in [-0.39, 0.29) is 23.1 Å². The van der Waals surface area contributed by atoms with Crippen molar-refractivity contribution in [2.75, 3.05) is 18.1 Å². The van der Waals surface area contributed by atoms with E-state index in [1.165, 1.54) is 28.0 Å². The highest BCUT2D eigenvalue weighted by Gasteiger charge is 2.48. The largest absolute Gasteiger partial charge is 0.507 e. The lowest BCUT2D eigenvalue weighted by Gasteiger charge is -2.23. The summed E-state index contributed by atoms with van der Waals surface area (Å²) in [7, 11) is 0. The molecule has 0 bridgehead atoms. The van der Waals surface area contributed by atoms with Gasteiger partial charge in [0.25, 0.3) is 5.78 Å². The first-order valence-electron chi connectivity index (χ1n) is 12.9. The molecule has 1 aromatic heterocycles. The second-order valence-corrected chi connectivity index (χ2v) is 11.1. The average molecular weight is 586 g/mol. The molecule has 1 aliphatic rings. The minimum Gasteiger partial charge on any atom is -0.507 e. The van der Waals surface area contributed by atoms with Gasteiger partial charge in [-0.1, -0.05) is 78.2 Å². The summed E-state index contributed by atoms with van der Waals surface area (Å²) in [6, 6.07) is 22.8. The van der Waals surface area contributed by atoms with Gasteiger partial charge in [0.05, 0.1) is 18.2 Å². The molecule has 1 amide bonds. The molecule has 3 aromatic carbocycles. The van der Waals surface area contributed by atoms with Gasteiger partial charge in [-0.25, -0.2) is 0 Å². The number of nitrogens with zero attached hydrogens (tertiary/aromatic N) is 3. The zero-order valence-electron chi connectivity index (χ0n) is 22.2. The van der Waals surface area contributed by atoms with Crippen LogP contribution in [0.1, 0.15) is 29.7 Å². The molecule has 1 fully saturated rings. The molecule has 1 saturated heterocycles. The molecule has 5 rings (SSSR count). The van der Waals surface area contributed by atoms with Crippen molar-refractivity contribution in [1.29, 1.82) is 0 Å². The number of ketones is 1. The lowest BCUT2D eigenvalue weighted by atomic mass is 9.95. The Morgan fingerprint density at radius 1 is 1.02 bits per heavy atom. The molecule has 0 saturated carbocycles. The summed E-state index contributed by atoms with van der Waals surface area (Å²) in [5, 5.41) is 20.2. The molecule has 0 aliphatic carbocycles. The van der Waals surface area contributed by atoms with Crippen molar-refractivity contribution in [2.45, 2.75) is 23.1 Å². The molecule has 0 spiro atoms. The molecule has 10 heteroatoms. The van der Waals surface area contributed by atoms with E-state index in [2.05, 4.69) is 16.8 Å². The molecule has 1 N–H and O–H groups in total. The molecular weight excluding hydrogens is 558 g/mol. The Hall–Kier alpha value is -4.41.